The molecule has 10 amide bonds. The number of thiol groups is 2. The molecule has 1 aromatic carbocycles. The van der Waals surface area contributed by atoms with Gasteiger partial charge < -0.3 is 97.6 Å². The molecule has 1 rings (SSSR count). The van der Waals surface area contributed by atoms with Crippen molar-refractivity contribution in [1.29, 1.82) is 0 Å². The standard InChI is InChI=1S/C53H87N17O16S3/c1-27(2)23-35(48(82)65-33(15-18-41(74)75)45(79)63-30(12-8-21-61-53(58)59)43(77)70-38(26-88)51(85)86)67-47(81)34(19-22-89-3)66-44(78)31(13-16-39(55)71)64-49(83)36(24-28-9-5-4-6-10-28)68-50(84)37(25-87)69-46(80)32(14-17-40(72)73)62-42(76)29(54)11-7-20-60-52(56)57/h4-6,9-10,27,29-38,87-88H,7-8,11-26,54H2,1-3H3,(H2,55,71)(H,62,76)(H,63,79)(H,64,83)(H,65,82)(H,66,78)(H,67,81)(H,68,84)(H,69,80)(H,70,77)(H,72,73)(H,74,75)(H,85,86)(H4,56,57,60)(H4,58,59,61)/t29-,30-,31-,32-,33-,34-,35-,36-,37-,38-/m0/s1. The molecule has 0 unspecified atom stereocenters. The van der Waals surface area contributed by atoms with Crippen LogP contribution in [-0.4, -0.2) is 201 Å². The first kappa shape index (κ1) is 78.9. The van der Waals surface area contributed by atoms with Crippen LogP contribution in [0.4, 0.5) is 0 Å². The van der Waals surface area contributed by atoms with Gasteiger partial charge in [0.25, 0.3) is 0 Å². The topological polar surface area (TPSA) is 572 Å². The van der Waals surface area contributed by atoms with Crippen LogP contribution < -0.4 is 82.3 Å². The number of hydrogen-bond acceptors (Lipinski definition) is 19. The van der Waals surface area contributed by atoms with Crippen molar-refractivity contribution in [1.82, 2.24) is 47.9 Å². The number of carboxylic acids is 3. The van der Waals surface area contributed by atoms with E-state index in [0.29, 0.717) is 5.56 Å². The Labute approximate surface area is 529 Å². The number of primary amides is 1. The number of carbonyl (C=O) groups excluding carboxylic acids is 10. The third kappa shape index (κ3) is 33.2. The average molecular weight is 1310 g/mol. The minimum Gasteiger partial charge on any atom is -0.481 e. The summed E-state index contributed by atoms with van der Waals surface area (Å²) in [6.45, 7) is 3.53. The second kappa shape index (κ2) is 42.7. The number of carboxylic acid groups (broad SMARTS) is 3. The smallest absolute Gasteiger partial charge is 0.327 e. The van der Waals surface area contributed by atoms with Gasteiger partial charge in [-0.25, -0.2) is 4.79 Å². The third-order valence-electron chi connectivity index (χ3n) is 12.9. The van der Waals surface area contributed by atoms with E-state index in [9.17, 15) is 77.6 Å². The van der Waals surface area contributed by atoms with Crippen LogP contribution in [0.15, 0.2) is 40.3 Å². The van der Waals surface area contributed by atoms with Gasteiger partial charge in [-0.05, 0) is 81.3 Å². The molecule has 89 heavy (non-hydrogen) atoms. The summed E-state index contributed by atoms with van der Waals surface area (Å²) in [5, 5.41) is 50.7. The maximum Gasteiger partial charge on any atom is 0.327 e. The second-order valence-electron chi connectivity index (χ2n) is 20.7. The van der Waals surface area contributed by atoms with E-state index in [1.165, 1.54) is 11.8 Å². The highest BCUT2D eigenvalue weighted by Crippen LogP contribution is 2.13. The molecule has 33 nitrogen and oxygen atoms in total. The van der Waals surface area contributed by atoms with E-state index in [0.717, 1.165) is 0 Å². The molecule has 24 N–H and O–H groups in total. The monoisotopic (exact) mass is 1310 g/mol. The first-order chi connectivity index (χ1) is 41.9. The number of guanidine groups is 2. The molecule has 498 valence electrons. The number of thioether (sulfide) groups is 1. The molecular formula is C53H87N17O16S3. The molecule has 0 aliphatic carbocycles. The summed E-state index contributed by atoms with van der Waals surface area (Å²) < 4.78 is 0. The number of amides is 10. The molecule has 36 heteroatoms. The van der Waals surface area contributed by atoms with Gasteiger partial charge in [-0.2, -0.15) is 37.0 Å². The average Bonchev–Trinajstić information content (AvgIpc) is 2.57. The maximum atomic E-state index is 14.4. The number of aliphatic imine (C=N–C) groups is 2. The first-order valence-electron chi connectivity index (χ1n) is 28.2. The molecule has 10 atom stereocenters. The zero-order valence-electron chi connectivity index (χ0n) is 49.8. The fourth-order valence-corrected chi connectivity index (χ4v) is 9.13. The molecule has 0 spiro atoms. The van der Waals surface area contributed by atoms with Gasteiger partial charge in [0.15, 0.2) is 11.9 Å². The molecule has 1 aromatic rings. The molecule has 0 heterocycles. The van der Waals surface area contributed by atoms with Gasteiger partial charge in [0.2, 0.25) is 59.1 Å². The first-order valence-corrected chi connectivity index (χ1v) is 30.9. The number of rotatable bonds is 45. The SMILES string of the molecule is CSCC[C@H](NC(=O)[C@H](CCC(N)=O)NC(=O)[C@H](Cc1ccccc1)NC(=O)[C@H](CS)NC(=O)[C@H](CCC(=O)O)NC(=O)[C@@H](N)CCCN=C(N)N)C(=O)N[C@@H](CC(C)C)C(=O)N[C@@H](CCC(=O)O)C(=O)N[C@@H](CCCN=C(N)N)C(=O)N[C@@H](CS)C(=O)O. The van der Waals surface area contributed by atoms with E-state index in [1.807, 2.05) is 0 Å². The second-order valence-corrected chi connectivity index (χ2v) is 22.4. The Balaban J connectivity index is 3.62. The van der Waals surface area contributed by atoms with Crippen LogP contribution in [0.1, 0.15) is 96.5 Å². The van der Waals surface area contributed by atoms with Gasteiger partial charge in [-0.1, -0.05) is 44.2 Å². The number of nitrogens with one attached hydrogen (secondary N) is 9. The fraction of sp³-hybridized carbons (Fsp3) is 0.604. The van der Waals surface area contributed by atoms with Crippen molar-refractivity contribution in [2.75, 3.05) is 36.6 Å². The predicted octanol–water partition coefficient (Wildman–Crippen LogP) is -5.23. The Bertz CT molecular complexity index is 2620. The fourth-order valence-electron chi connectivity index (χ4n) is 8.15. The van der Waals surface area contributed by atoms with Crippen molar-refractivity contribution >= 4 is 126 Å². The quantitative estimate of drug-likeness (QED) is 0.0126. The number of benzene rings is 1. The highest BCUT2D eigenvalue weighted by Gasteiger charge is 2.36. The van der Waals surface area contributed by atoms with Crippen LogP contribution in [-0.2, 0) is 68.7 Å². The molecule has 0 bridgehead atoms. The lowest BCUT2D eigenvalue weighted by atomic mass is 10.0. The normalized spacial score (nSPS) is 14.3. The van der Waals surface area contributed by atoms with Gasteiger partial charge in [0, 0.05) is 50.3 Å². The van der Waals surface area contributed by atoms with Crippen LogP contribution in [0, 0.1) is 5.92 Å². The molecule has 0 aliphatic heterocycles. The van der Waals surface area contributed by atoms with E-state index in [4.69, 9.17) is 34.4 Å². The predicted molar refractivity (Wildman–Crippen MR) is 335 cm³/mol. The van der Waals surface area contributed by atoms with Crippen LogP contribution in [0.3, 0.4) is 0 Å². The summed E-state index contributed by atoms with van der Waals surface area (Å²) in [5.41, 5.74) is 33.5. The summed E-state index contributed by atoms with van der Waals surface area (Å²) >= 11 is 9.45. The van der Waals surface area contributed by atoms with E-state index < -0.39 is 182 Å². The number of nitrogens with two attached hydrogens (primary N) is 6. The zero-order valence-corrected chi connectivity index (χ0v) is 52.4. The molecule has 0 saturated heterocycles. The van der Waals surface area contributed by atoms with Crippen molar-refractivity contribution in [2.45, 2.75) is 158 Å². The Kier molecular flexibility index (Phi) is 37.9. The van der Waals surface area contributed by atoms with Crippen LogP contribution in [0.5, 0.6) is 0 Å². The number of nitrogens with zero attached hydrogens (tertiary/aromatic N) is 2. The summed E-state index contributed by atoms with van der Waals surface area (Å²) in [6, 6.07) is -6.72. The molecule has 0 fully saturated rings. The Morgan fingerprint density at radius 2 is 0.831 bits per heavy atom. The van der Waals surface area contributed by atoms with Crippen molar-refractivity contribution < 1.29 is 77.6 Å². The molecule has 0 aliphatic rings. The zero-order chi connectivity index (χ0) is 67.3. The Morgan fingerprint density at radius 1 is 0.472 bits per heavy atom. The lowest BCUT2D eigenvalue weighted by Gasteiger charge is -2.28. The van der Waals surface area contributed by atoms with Crippen molar-refractivity contribution in [3.63, 3.8) is 0 Å². The largest absolute Gasteiger partial charge is 0.481 e. The van der Waals surface area contributed by atoms with Gasteiger partial charge in [-0.15, -0.1) is 0 Å². The molecule has 0 saturated carbocycles. The highest BCUT2D eigenvalue weighted by atomic mass is 32.2. The minimum atomic E-state index is -1.66. The number of aliphatic carboxylic acids is 3. The highest BCUT2D eigenvalue weighted by molar-refractivity contribution is 7.98. The lowest BCUT2D eigenvalue weighted by molar-refractivity contribution is -0.141. The third-order valence-corrected chi connectivity index (χ3v) is 14.2. The van der Waals surface area contributed by atoms with Crippen LogP contribution >= 0.6 is 37.0 Å². The van der Waals surface area contributed by atoms with Crippen LogP contribution in [0.25, 0.3) is 0 Å². The Morgan fingerprint density at radius 3 is 1.25 bits per heavy atom. The Hall–Kier alpha value is -8.12. The number of hydrogen-bond donors (Lipinski definition) is 20. The maximum absolute atomic E-state index is 14.4. The molecule has 0 radical (unpaired) electrons. The van der Waals surface area contributed by atoms with E-state index in [-0.39, 0.29) is 87.4 Å². The summed E-state index contributed by atoms with van der Waals surface area (Å²) in [4.78, 5) is 180. The van der Waals surface area contributed by atoms with Gasteiger partial charge in [-0.3, -0.25) is 67.5 Å². The van der Waals surface area contributed by atoms with E-state index >= 15 is 0 Å². The van der Waals surface area contributed by atoms with Crippen molar-refractivity contribution in [2.24, 2.45) is 50.3 Å². The summed E-state index contributed by atoms with van der Waals surface area (Å²) in [7, 11) is 0. The van der Waals surface area contributed by atoms with Gasteiger partial charge >= 0.3 is 17.9 Å². The minimum absolute atomic E-state index is 0.0125. The van der Waals surface area contributed by atoms with Gasteiger partial charge in [0.1, 0.15) is 54.4 Å². The van der Waals surface area contributed by atoms with Crippen LogP contribution in [0.2, 0.25) is 0 Å². The van der Waals surface area contributed by atoms with Crippen molar-refractivity contribution in [3.8, 4) is 0 Å². The lowest BCUT2D eigenvalue weighted by Crippen LogP contribution is -2.61. The van der Waals surface area contributed by atoms with E-state index in [1.54, 1.807) is 50.4 Å². The summed E-state index contributed by atoms with van der Waals surface area (Å²) in [5.74, 6) is -15.1. The molecular weight excluding hydrogens is 1230 g/mol. The summed E-state index contributed by atoms with van der Waals surface area (Å²) in [6.07, 6.45) is -1.59. The van der Waals surface area contributed by atoms with E-state index in [2.05, 4.69) is 83.1 Å². The molecule has 0 aromatic heterocycles. The van der Waals surface area contributed by atoms with Gasteiger partial charge in [0.05, 0.1) is 6.04 Å². The number of carbonyl (C=O) groups is 13. The van der Waals surface area contributed by atoms with Crippen molar-refractivity contribution in [3.05, 3.63) is 35.9 Å².